The highest BCUT2D eigenvalue weighted by atomic mass is 32.1. The second-order valence-electron chi connectivity index (χ2n) is 4.55. The number of thiol groups is 1. The van der Waals surface area contributed by atoms with Crippen molar-refractivity contribution in [2.75, 3.05) is 25.4 Å². The molecule has 1 saturated heterocycles. The van der Waals surface area contributed by atoms with Crippen LogP contribution in [0, 0.1) is 11.8 Å². The third-order valence-corrected chi connectivity index (χ3v) is 3.06. The molecule has 0 N–H and O–H groups in total. The minimum absolute atomic E-state index is 0.819. The van der Waals surface area contributed by atoms with E-state index in [-0.39, 0.29) is 0 Å². The second kappa shape index (κ2) is 5.06. The van der Waals surface area contributed by atoms with Crippen LogP contribution in [0.25, 0.3) is 0 Å². The predicted molar refractivity (Wildman–Crippen MR) is 62.4 cm³/mol. The summed E-state index contributed by atoms with van der Waals surface area (Å²) in [6.07, 6.45) is 1.38. The minimum atomic E-state index is 0.819. The number of piperidine rings is 1. The molecule has 0 aromatic rings. The zero-order valence-electron chi connectivity index (χ0n) is 8.79. The molecule has 0 spiro atoms. The minimum Gasteiger partial charge on any atom is -0.299 e. The van der Waals surface area contributed by atoms with Gasteiger partial charge in [0.1, 0.15) is 0 Å². The molecule has 0 aromatic heterocycles. The summed E-state index contributed by atoms with van der Waals surface area (Å²) in [5, 5.41) is 0. The lowest BCUT2D eigenvalue weighted by Crippen LogP contribution is -2.39. The van der Waals surface area contributed by atoms with Crippen molar-refractivity contribution in [3.05, 3.63) is 12.2 Å². The molecule has 0 radical (unpaired) electrons. The van der Waals surface area contributed by atoms with Crippen molar-refractivity contribution in [1.82, 2.24) is 4.90 Å². The summed E-state index contributed by atoms with van der Waals surface area (Å²) in [5.74, 6) is 2.51. The van der Waals surface area contributed by atoms with Crippen LogP contribution in [0.15, 0.2) is 12.2 Å². The van der Waals surface area contributed by atoms with Crippen LogP contribution in [0.4, 0.5) is 0 Å². The van der Waals surface area contributed by atoms with Crippen molar-refractivity contribution in [1.29, 1.82) is 0 Å². The van der Waals surface area contributed by atoms with Gasteiger partial charge in [0, 0.05) is 25.4 Å². The quantitative estimate of drug-likeness (QED) is 0.540. The van der Waals surface area contributed by atoms with E-state index in [1.807, 2.05) is 0 Å². The first-order valence-corrected chi connectivity index (χ1v) is 5.75. The molecule has 0 aromatic carbocycles. The van der Waals surface area contributed by atoms with Crippen molar-refractivity contribution in [2.24, 2.45) is 11.8 Å². The molecule has 1 nitrogen and oxygen atoms in total. The van der Waals surface area contributed by atoms with Crippen LogP contribution in [0.2, 0.25) is 0 Å². The highest BCUT2D eigenvalue weighted by Crippen LogP contribution is 2.21. The first-order valence-electron chi connectivity index (χ1n) is 5.11. The van der Waals surface area contributed by atoms with E-state index in [2.05, 4.69) is 38.0 Å². The first-order chi connectivity index (χ1) is 6.11. The van der Waals surface area contributed by atoms with Crippen LogP contribution < -0.4 is 0 Å². The van der Waals surface area contributed by atoms with Gasteiger partial charge in [-0.2, -0.15) is 12.6 Å². The van der Waals surface area contributed by atoms with E-state index >= 15 is 0 Å². The lowest BCUT2D eigenvalue weighted by Gasteiger charge is -2.35. The van der Waals surface area contributed by atoms with Gasteiger partial charge in [0.25, 0.3) is 0 Å². The lowest BCUT2D eigenvalue weighted by molar-refractivity contribution is 0.152. The van der Waals surface area contributed by atoms with E-state index in [0.717, 1.165) is 24.1 Å². The highest BCUT2D eigenvalue weighted by Gasteiger charge is 2.21. The zero-order chi connectivity index (χ0) is 9.84. The topological polar surface area (TPSA) is 3.24 Å². The molecule has 0 bridgehead atoms. The van der Waals surface area contributed by atoms with Gasteiger partial charge in [0.2, 0.25) is 0 Å². The van der Waals surface area contributed by atoms with E-state index in [1.54, 1.807) is 0 Å². The maximum atomic E-state index is 4.23. The van der Waals surface area contributed by atoms with Crippen LogP contribution >= 0.6 is 12.6 Å². The number of likely N-dealkylation sites (tertiary alicyclic amines) is 1. The number of rotatable bonds is 3. The van der Waals surface area contributed by atoms with Gasteiger partial charge in [-0.15, -0.1) is 0 Å². The monoisotopic (exact) mass is 199 g/mol. The SMILES string of the molecule is C=C(CS)CN1CC(C)CC(C)C1. The molecule has 1 rings (SSSR count). The molecule has 2 atom stereocenters. The molecule has 1 heterocycles. The van der Waals surface area contributed by atoms with Gasteiger partial charge in [0.05, 0.1) is 0 Å². The van der Waals surface area contributed by atoms with Gasteiger partial charge in [-0.05, 0) is 18.3 Å². The van der Waals surface area contributed by atoms with Gasteiger partial charge in [-0.25, -0.2) is 0 Å². The summed E-state index contributed by atoms with van der Waals surface area (Å²) in [5.41, 5.74) is 1.24. The van der Waals surface area contributed by atoms with E-state index in [9.17, 15) is 0 Å². The Morgan fingerprint density at radius 3 is 2.38 bits per heavy atom. The van der Waals surface area contributed by atoms with E-state index in [4.69, 9.17) is 0 Å². The molecule has 2 unspecified atom stereocenters. The molecular formula is C11H21NS. The Hall–Kier alpha value is 0.0500. The Morgan fingerprint density at radius 1 is 1.38 bits per heavy atom. The molecule has 1 aliphatic rings. The van der Waals surface area contributed by atoms with Crippen molar-refractivity contribution in [3.8, 4) is 0 Å². The molecule has 76 valence electrons. The number of hydrogen-bond donors (Lipinski definition) is 1. The summed E-state index contributed by atoms with van der Waals surface area (Å²) in [4.78, 5) is 2.51. The lowest BCUT2D eigenvalue weighted by atomic mass is 9.92. The van der Waals surface area contributed by atoms with Gasteiger partial charge in [0.15, 0.2) is 0 Å². The van der Waals surface area contributed by atoms with Gasteiger partial charge < -0.3 is 0 Å². The summed E-state index contributed by atoms with van der Waals surface area (Å²) in [6.45, 7) is 12.2. The average Bonchev–Trinajstić information content (AvgIpc) is 2.02. The molecule has 0 saturated carbocycles. The van der Waals surface area contributed by atoms with Crippen molar-refractivity contribution in [3.63, 3.8) is 0 Å². The maximum Gasteiger partial charge on any atom is 0.0198 e. The largest absolute Gasteiger partial charge is 0.299 e. The van der Waals surface area contributed by atoms with Crippen LogP contribution in [-0.2, 0) is 0 Å². The molecule has 13 heavy (non-hydrogen) atoms. The van der Waals surface area contributed by atoms with Crippen LogP contribution in [-0.4, -0.2) is 30.3 Å². The third-order valence-electron chi connectivity index (χ3n) is 2.62. The van der Waals surface area contributed by atoms with Crippen LogP contribution in [0.3, 0.4) is 0 Å². The Labute approximate surface area is 87.6 Å². The Balaban J connectivity index is 2.37. The summed E-state index contributed by atoms with van der Waals surface area (Å²) >= 11 is 4.23. The molecule has 2 heteroatoms. The van der Waals surface area contributed by atoms with Gasteiger partial charge in [-0.1, -0.05) is 26.0 Å². The normalized spacial score (nSPS) is 30.4. The molecule has 1 fully saturated rings. The fraction of sp³-hybridized carbons (Fsp3) is 0.818. The van der Waals surface area contributed by atoms with Crippen molar-refractivity contribution in [2.45, 2.75) is 20.3 Å². The number of nitrogens with zero attached hydrogens (tertiary/aromatic N) is 1. The van der Waals surface area contributed by atoms with E-state index in [0.29, 0.717) is 0 Å². The zero-order valence-corrected chi connectivity index (χ0v) is 9.69. The fourth-order valence-corrected chi connectivity index (χ4v) is 2.39. The summed E-state index contributed by atoms with van der Waals surface area (Å²) in [7, 11) is 0. The predicted octanol–water partition coefficient (Wildman–Crippen LogP) is 2.45. The Bertz CT molecular complexity index is 169. The summed E-state index contributed by atoms with van der Waals surface area (Å²) < 4.78 is 0. The summed E-state index contributed by atoms with van der Waals surface area (Å²) in [6, 6.07) is 0. The number of hydrogen-bond acceptors (Lipinski definition) is 2. The molecule has 0 amide bonds. The fourth-order valence-electron chi connectivity index (χ4n) is 2.29. The van der Waals surface area contributed by atoms with Crippen LogP contribution in [0.1, 0.15) is 20.3 Å². The van der Waals surface area contributed by atoms with Gasteiger partial charge in [-0.3, -0.25) is 4.90 Å². The Morgan fingerprint density at radius 2 is 1.92 bits per heavy atom. The van der Waals surface area contributed by atoms with Crippen molar-refractivity contribution < 1.29 is 0 Å². The standard InChI is InChI=1S/C11H21NS/c1-9-4-10(2)6-12(5-9)7-11(3)8-13/h9-10,13H,3-8H2,1-2H3. The highest BCUT2D eigenvalue weighted by molar-refractivity contribution is 7.80. The van der Waals surface area contributed by atoms with E-state index in [1.165, 1.54) is 25.1 Å². The maximum absolute atomic E-state index is 4.23. The average molecular weight is 199 g/mol. The molecule has 0 aliphatic carbocycles. The molecule has 1 aliphatic heterocycles. The first kappa shape index (κ1) is 11.1. The van der Waals surface area contributed by atoms with E-state index < -0.39 is 0 Å². The van der Waals surface area contributed by atoms with Crippen molar-refractivity contribution >= 4 is 12.6 Å². The van der Waals surface area contributed by atoms with Gasteiger partial charge >= 0.3 is 0 Å². The Kier molecular flexibility index (Phi) is 4.33. The van der Waals surface area contributed by atoms with Crippen LogP contribution in [0.5, 0.6) is 0 Å². The second-order valence-corrected chi connectivity index (χ2v) is 4.86. The smallest absolute Gasteiger partial charge is 0.0198 e. The molecular weight excluding hydrogens is 178 g/mol. The third kappa shape index (κ3) is 3.74.